The molecule has 0 radical (unpaired) electrons. The van der Waals surface area contributed by atoms with Crippen LogP contribution in [0.5, 0.6) is 0 Å². The van der Waals surface area contributed by atoms with Gasteiger partial charge in [0, 0.05) is 36.0 Å². The van der Waals surface area contributed by atoms with Gasteiger partial charge in [0.2, 0.25) is 0 Å². The fraction of sp³-hybridized carbons (Fsp3) is 0.400. The van der Waals surface area contributed by atoms with Crippen LogP contribution in [0.1, 0.15) is 29.0 Å². The molecule has 1 aromatic carbocycles. The molecule has 3 rings (SSSR count). The maximum atomic E-state index is 13.2. The third-order valence-corrected chi connectivity index (χ3v) is 4.51. The molecule has 1 aromatic heterocycles. The van der Waals surface area contributed by atoms with Crippen LogP contribution in [0.25, 0.3) is 11.4 Å². The minimum Gasteiger partial charge on any atom is -0.338 e. The fourth-order valence-electron chi connectivity index (χ4n) is 2.52. The topological polar surface area (TPSA) is 61.9 Å². The molecule has 23 heavy (non-hydrogen) atoms. The van der Waals surface area contributed by atoms with E-state index >= 15 is 0 Å². The summed E-state index contributed by atoms with van der Waals surface area (Å²) in [5.41, 5.74) is 1.24. The normalized spacial score (nSPS) is 17.3. The fourth-order valence-corrected chi connectivity index (χ4v) is 3.07. The Bertz CT molecular complexity index is 737. The van der Waals surface area contributed by atoms with Crippen molar-refractivity contribution in [2.45, 2.75) is 25.7 Å². The van der Waals surface area contributed by atoms with Crippen molar-refractivity contribution in [1.82, 2.24) is 20.1 Å². The number of hydrogen-bond acceptors (Lipinski definition) is 3. The van der Waals surface area contributed by atoms with Crippen molar-refractivity contribution in [3.63, 3.8) is 0 Å². The van der Waals surface area contributed by atoms with Crippen molar-refractivity contribution in [1.29, 1.82) is 0 Å². The molecule has 5 nitrogen and oxygen atoms in total. The molecule has 1 amide bonds. The molecule has 122 valence electrons. The zero-order chi connectivity index (χ0) is 16.6. The van der Waals surface area contributed by atoms with E-state index in [2.05, 4.69) is 31.1 Å². The van der Waals surface area contributed by atoms with E-state index < -0.39 is 5.92 Å². The summed E-state index contributed by atoms with van der Waals surface area (Å²) in [5, 5.41) is 7.90. The summed E-state index contributed by atoms with van der Waals surface area (Å²) < 4.78 is 27.0. The highest BCUT2D eigenvalue weighted by Gasteiger charge is 2.36. The summed E-state index contributed by atoms with van der Waals surface area (Å²) in [6.45, 7) is 1.94. The lowest BCUT2D eigenvalue weighted by molar-refractivity contribution is -0.0494. The summed E-state index contributed by atoms with van der Waals surface area (Å²) in [5.74, 6) is -1.60. The number of carbonyl (C=O) groups is 1. The number of amides is 1. The lowest BCUT2D eigenvalue weighted by Gasteiger charge is -2.32. The Kier molecular flexibility index (Phi) is 4.18. The van der Waals surface area contributed by atoms with E-state index in [0.717, 1.165) is 5.56 Å². The van der Waals surface area contributed by atoms with Gasteiger partial charge < -0.3 is 9.88 Å². The molecule has 1 N–H and O–H groups in total. The smallest absolute Gasteiger partial charge is 0.255 e. The Hall–Kier alpha value is -1.83. The van der Waals surface area contributed by atoms with Crippen LogP contribution in [-0.2, 0) is 0 Å². The Balaban J connectivity index is 1.79. The largest absolute Gasteiger partial charge is 0.338 e. The number of hydrogen-bond donors (Lipinski definition) is 1. The third kappa shape index (κ3) is 3.41. The molecule has 1 aliphatic rings. The number of aromatic nitrogens is 3. The van der Waals surface area contributed by atoms with E-state index in [1.165, 1.54) is 4.90 Å². The molecule has 1 saturated heterocycles. The molecule has 0 saturated carbocycles. The first-order chi connectivity index (χ1) is 10.9. The van der Waals surface area contributed by atoms with Crippen LogP contribution < -0.4 is 0 Å². The van der Waals surface area contributed by atoms with Gasteiger partial charge >= 0.3 is 0 Å². The van der Waals surface area contributed by atoms with Gasteiger partial charge in [-0.2, -0.15) is 0 Å². The van der Waals surface area contributed by atoms with Crippen LogP contribution in [0.2, 0.25) is 0 Å². The van der Waals surface area contributed by atoms with Crippen molar-refractivity contribution >= 4 is 21.8 Å². The molecule has 2 aromatic rings. The first kappa shape index (κ1) is 16.0. The number of halogens is 3. The maximum absolute atomic E-state index is 13.2. The molecular weight excluding hydrogens is 370 g/mol. The van der Waals surface area contributed by atoms with Crippen LogP contribution in [0.3, 0.4) is 0 Å². The number of alkyl halides is 2. The monoisotopic (exact) mass is 384 g/mol. The number of rotatable bonds is 2. The van der Waals surface area contributed by atoms with E-state index in [0.29, 0.717) is 21.7 Å². The van der Waals surface area contributed by atoms with E-state index in [1.54, 1.807) is 25.1 Å². The van der Waals surface area contributed by atoms with Gasteiger partial charge in [-0.05, 0) is 35.0 Å². The molecule has 0 bridgehead atoms. The summed E-state index contributed by atoms with van der Waals surface area (Å²) >= 11 is 3.38. The zero-order valence-corrected chi connectivity index (χ0v) is 14.0. The molecule has 8 heteroatoms. The molecule has 1 aliphatic heterocycles. The van der Waals surface area contributed by atoms with E-state index in [-0.39, 0.29) is 31.8 Å². The van der Waals surface area contributed by atoms with Crippen molar-refractivity contribution < 1.29 is 13.6 Å². The van der Waals surface area contributed by atoms with Gasteiger partial charge in [0.15, 0.2) is 5.82 Å². The molecular formula is C15H15BrF2N4O. The molecule has 1 fully saturated rings. The Morgan fingerprint density at radius 1 is 1.30 bits per heavy atom. The number of aromatic amines is 1. The predicted molar refractivity (Wildman–Crippen MR) is 84.3 cm³/mol. The van der Waals surface area contributed by atoms with Gasteiger partial charge in [-0.25, -0.2) is 8.78 Å². The Morgan fingerprint density at radius 3 is 2.57 bits per heavy atom. The summed E-state index contributed by atoms with van der Waals surface area (Å²) in [6, 6.07) is 5.20. The third-order valence-electron chi connectivity index (χ3n) is 3.85. The number of nitrogens with zero attached hydrogens (tertiary/aromatic N) is 3. The number of carbonyl (C=O) groups excluding carboxylic acids is 1. The second-order valence-corrected chi connectivity index (χ2v) is 6.46. The van der Waals surface area contributed by atoms with Crippen LogP contribution >= 0.6 is 15.9 Å². The highest BCUT2D eigenvalue weighted by Crippen LogP contribution is 2.30. The minimum absolute atomic E-state index is 0.0708. The molecule has 0 unspecified atom stereocenters. The van der Waals surface area contributed by atoms with Crippen molar-refractivity contribution in [2.24, 2.45) is 0 Å². The predicted octanol–water partition coefficient (Wildman–Crippen LogP) is 3.41. The zero-order valence-electron chi connectivity index (χ0n) is 12.4. The standard InChI is InChI=1S/C15H15BrF2N4O/c1-9-19-13(21-20-9)10-2-3-11(12(16)8-10)14(23)22-6-4-15(17,18)5-7-22/h2-3,8H,4-7H2,1H3,(H,19,20,21). The summed E-state index contributed by atoms with van der Waals surface area (Å²) in [6.07, 6.45) is -0.572. The number of benzene rings is 1. The second-order valence-electron chi connectivity index (χ2n) is 5.60. The molecule has 0 spiro atoms. The minimum atomic E-state index is -2.66. The van der Waals surface area contributed by atoms with Crippen molar-refractivity contribution in [3.05, 3.63) is 34.1 Å². The van der Waals surface area contributed by atoms with Gasteiger partial charge in [-0.1, -0.05) is 6.07 Å². The highest BCUT2D eigenvalue weighted by molar-refractivity contribution is 9.10. The number of likely N-dealkylation sites (tertiary alicyclic amines) is 1. The molecule has 2 heterocycles. The van der Waals surface area contributed by atoms with E-state index in [9.17, 15) is 13.6 Å². The average Bonchev–Trinajstić information content (AvgIpc) is 2.93. The number of H-pyrrole nitrogens is 1. The summed E-state index contributed by atoms with van der Waals surface area (Å²) in [4.78, 5) is 17.0. The number of piperidine rings is 1. The lowest BCUT2D eigenvalue weighted by Crippen LogP contribution is -2.42. The van der Waals surface area contributed by atoms with E-state index in [1.807, 2.05) is 0 Å². The first-order valence-corrected chi connectivity index (χ1v) is 8.01. The lowest BCUT2D eigenvalue weighted by atomic mass is 10.0. The van der Waals surface area contributed by atoms with Gasteiger partial charge in [0.05, 0.1) is 5.56 Å². The Labute approximate surface area is 140 Å². The maximum Gasteiger partial charge on any atom is 0.255 e. The first-order valence-electron chi connectivity index (χ1n) is 7.22. The summed E-state index contributed by atoms with van der Waals surface area (Å²) in [7, 11) is 0. The van der Waals surface area contributed by atoms with Gasteiger partial charge in [0.25, 0.3) is 11.8 Å². The van der Waals surface area contributed by atoms with Crippen molar-refractivity contribution in [2.75, 3.05) is 13.1 Å². The Morgan fingerprint density at radius 2 is 2.00 bits per heavy atom. The number of nitrogens with one attached hydrogen (secondary N) is 1. The highest BCUT2D eigenvalue weighted by atomic mass is 79.9. The van der Waals surface area contributed by atoms with Crippen LogP contribution in [0.4, 0.5) is 8.78 Å². The van der Waals surface area contributed by atoms with E-state index in [4.69, 9.17) is 0 Å². The molecule has 0 aliphatic carbocycles. The van der Waals surface area contributed by atoms with Gasteiger partial charge in [-0.3, -0.25) is 4.79 Å². The average molecular weight is 385 g/mol. The molecule has 0 atom stereocenters. The quantitative estimate of drug-likeness (QED) is 0.862. The van der Waals surface area contributed by atoms with Crippen molar-refractivity contribution in [3.8, 4) is 11.4 Å². The second kappa shape index (κ2) is 5.99. The SMILES string of the molecule is Cc1nnc(-c2ccc(C(=O)N3CCC(F)(F)CC3)c(Br)c2)[nH]1. The van der Waals surface area contributed by atoms with Crippen LogP contribution in [-0.4, -0.2) is 45.0 Å². The van der Waals surface area contributed by atoms with Crippen LogP contribution in [0, 0.1) is 6.92 Å². The van der Waals surface area contributed by atoms with Gasteiger partial charge in [0.1, 0.15) is 5.82 Å². The number of aryl methyl sites for hydroxylation is 1. The van der Waals surface area contributed by atoms with Gasteiger partial charge in [-0.15, -0.1) is 10.2 Å². The van der Waals surface area contributed by atoms with Crippen LogP contribution in [0.15, 0.2) is 22.7 Å².